The lowest BCUT2D eigenvalue weighted by atomic mass is 9.80. The summed E-state index contributed by atoms with van der Waals surface area (Å²) < 4.78 is 0. The molecule has 3 N–H and O–H groups in total. The van der Waals surface area contributed by atoms with Crippen molar-refractivity contribution in [2.75, 3.05) is 5.33 Å². The second-order valence-electron chi connectivity index (χ2n) is 5.66. The molecular formula is C15H20BrN5. The van der Waals surface area contributed by atoms with Crippen LogP contribution in [0, 0.1) is 11.8 Å². The quantitative estimate of drug-likeness (QED) is 0.498. The maximum absolute atomic E-state index is 6.11. The van der Waals surface area contributed by atoms with E-state index in [1.165, 1.54) is 12.8 Å². The lowest BCUT2D eigenvalue weighted by molar-refractivity contribution is 0.323. The van der Waals surface area contributed by atoms with Gasteiger partial charge in [-0.2, -0.15) is 0 Å². The summed E-state index contributed by atoms with van der Waals surface area (Å²) in [6, 6.07) is 2.00. The number of hydrogen-bond acceptors (Lipinski definition) is 4. The summed E-state index contributed by atoms with van der Waals surface area (Å²) in [5.74, 6) is 8.15. The van der Waals surface area contributed by atoms with Crippen LogP contribution in [0.1, 0.15) is 31.2 Å². The molecule has 1 aromatic rings. The number of nitrogens with two attached hydrogens (primary N) is 1. The van der Waals surface area contributed by atoms with Crippen molar-refractivity contribution < 1.29 is 0 Å². The van der Waals surface area contributed by atoms with Gasteiger partial charge >= 0.3 is 0 Å². The number of aromatic nitrogens is 1. The highest BCUT2D eigenvalue weighted by molar-refractivity contribution is 9.09. The standard InChI is InChI=1S/C15H20BrN5/c1-18-13(11-4-2-10(8-16)3-5-11)14-12-6-7-19-15(12)20-9-21(14)17/h6-7,9-11,19H,1-5,8,17H2/b14-13-/t10-,11-. The number of H-pyrrole nitrogens is 1. The van der Waals surface area contributed by atoms with Gasteiger partial charge in [0.25, 0.3) is 0 Å². The van der Waals surface area contributed by atoms with Crippen LogP contribution in [0.5, 0.6) is 0 Å². The molecule has 3 rings (SSSR count). The molecule has 1 aliphatic carbocycles. The molecule has 0 spiro atoms. The second-order valence-corrected chi connectivity index (χ2v) is 6.30. The molecule has 0 unspecified atom stereocenters. The van der Waals surface area contributed by atoms with Gasteiger partial charge in [0, 0.05) is 23.0 Å². The Morgan fingerprint density at radius 1 is 1.48 bits per heavy atom. The van der Waals surface area contributed by atoms with Crippen molar-refractivity contribution >= 4 is 40.5 Å². The van der Waals surface area contributed by atoms with Gasteiger partial charge in [0.05, 0.1) is 11.4 Å². The predicted octanol–water partition coefficient (Wildman–Crippen LogP) is 3.43. The first-order valence-corrected chi connectivity index (χ1v) is 8.39. The summed E-state index contributed by atoms with van der Waals surface area (Å²) in [6.45, 7) is 3.79. The molecule has 112 valence electrons. The number of fused-ring (bicyclic) bond motifs is 1. The van der Waals surface area contributed by atoms with E-state index in [2.05, 4.69) is 37.6 Å². The van der Waals surface area contributed by atoms with Crippen LogP contribution in [0.25, 0.3) is 5.70 Å². The van der Waals surface area contributed by atoms with Gasteiger partial charge in [-0.1, -0.05) is 15.9 Å². The van der Waals surface area contributed by atoms with Gasteiger partial charge in [-0.05, 0) is 44.4 Å². The molecule has 0 saturated heterocycles. The number of aromatic amines is 1. The number of alkyl halides is 1. The first-order valence-electron chi connectivity index (χ1n) is 7.27. The van der Waals surface area contributed by atoms with E-state index in [0.29, 0.717) is 5.92 Å². The number of nitrogens with one attached hydrogen (secondary N) is 1. The molecule has 5 nitrogen and oxygen atoms in total. The summed E-state index contributed by atoms with van der Waals surface area (Å²) >= 11 is 3.59. The Labute approximate surface area is 133 Å². The Morgan fingerprint density at radius 2 is 2.24 bits per heavy atom. The predicted molar refractivity (Wildman–Crippen MR) is 90.7 cm³/mol. The van der Waals surface area contributed by atoms with E-state index < -0.39 is 0 Å². The molecule has 1 aliphatic heterocycles. The van der Waals surface area contributed by atoms with Crippen LogP contribution in [0.3, 0.4) is 0 Å². The average molecular weight is 350 g/mol. The molecule has 1 fully saturated rings. The van der Waals surface area contributed by atoms with E-state index >= 15 is 0 Å². The first kappa shape index (κ1) is 14.5. The van der Waals surface area contributed by atoms with Crippen LogP contribution in [0.4, 0.5) is 5.82 Å². The number of hydrazine groups is 1. The third kappa shape index (κ3) is 2.70. The average Bonchev–Trinajstić information content (AvgIpc) is 2.99. The highest BCUT2D eigenvalue weighted by Crippen LogP contribution is 2.40. The maximum Gasteiger partial charge on any atom is 0.141 e. The maximum atomic E-state index is 6.11. The number of nitrogens with zero attached hydrogens (tertiary/aromatic N) is 3. The van der Waals surface area contributed by atoms with E-state index in [1.54, 1.807) is 11.3 Å². The molecule has 6 heteroatoms. The summed E-state index contributed by atoms with van der Waals surface area (Å²) in [6.07, 6.45) is 8.23. The number of hydrogen-bond donors (Lipinski definition) is 2. The summed E-state index contributed by atoms with van der Waals surface area (Å²) in [7, 11) is 0. The van der Waals surface area contributed by atoms with Gasteiger partial charge in [-0.3, -0.25) is 10.0 Å². The Morgan fingerprint density at radius 3 is 2.90 bits per heavy atom. The molecule has 1 aromatic heterocycles. The Kier molecular flexibility index (Phi) is 4.26. The molecule has 0 bridgehead atoms. The molecule has 0 aromatic carbocycles. The summed E-state index contributed by atoms with van der Waals surface area (Å²) in [5.41, 5.74) is 2.93. The fraction of sp³-hybridized carbons (Fsp3) is 0.467. The molecular weight excluding hydrogens is 330 g/mol. The van der Waals surface area contributed by atoms with Crippen LogP contribution in [-0.2, 0) is 0 Å². The SMILES string of the molecule is C=N/C(=C1/c2cc[nH]c2N=CN1N)[C@H]1CC[C@H](CBr)CC1. The van der Waals surface area contributed by atoms with Crippen LogP contribution >= 0.6 is 15.9 Å². The largest absolute Gasteiger partial charge is 0.346 e. The van der Waals surface area contributed by atoms with Crippen LogP contribution in [-0.4, -0.2) is 28.4 Å². The molecule has 2 aliphatic rings. The van der Waals surface area contributed by atoms with E-state index in [-0.39, 0.29) is 0 Å². The third-order valence-electron chi connectivity index (χ3n) is 4.41. The normalized spacial score (nSPS) is 27.4. The lowest BCUT2D eigenvalue weighted by Crippen LogP contribution is -2.31. The van der Waals surface area contributed by atoms with Gasteiger partial charge in [-0.15, -0.1) is 0 Å². The monoisotopic (exact) mass is 349 g/mol. The van der Waals surface area contributed by atoms with Crippen LogP contribution in [0.2, 0.25) is 0 Å². The first-order chi connectivity index (χ1) is 10.2. The van der Waals surface area contributed by atoms with Gasteiger partial charge in [0.1, 0.15) is 12.2 Å². The molecule has 0 atom stereocenters. The summed E-state index contributed by atoms with van der Waals surface area (Å²) in [4.78, 5) is 11.7. The van der Waals surface area contributed by atoms with Gasteiger partial charge in [0.15, 0.2) is 0 Å². The fourth-order valence-corrected chi connectivity index (χ4v) is 3.88. The zero-order chi connectivity index (χ0) is 14.8. The van der Waals surface area contributed by atoms with Crippen molar-refractivity contribution in [1.29, 1.82) is 0 Å². The fourth-order valence-electron chi connectivity index (χ4n) is 3.23. The second kappa shape index (κ2) is 6.15. The van der Waals surface area contributed by atoms with E-state index in [0.717, 1.165) is 46.9 Å². The number of aliphatic imine (C=N–C) groups is 2. The molecule has 21 heavy (non-hydrogen) atoms. The Hall–Kier alpha value is -1.40. The highest BCUT2D eigenvalue weighted by atomic mass is 79.9. The van der Waals surface area contributed by atoms with Crippen molar-refractivity contribution in [1.82, 2.24) is 9.99 Å². The van der Waals surface area contributed by atoms with Crippen LogP contribution in [0.15, 0.2) is 27.9 Å². The minimum absolute atomic E-state index is 0.424. The topological polar surface area (TPSA) is 69.8 Å². The number of rotatable bonds is 3. The van der Waals surface area contributed by atoms with Crippen molar-refractivity contribution in [3.05, 3.63) is 23.5 Å². The van der Waals surface area contributed by atoms with Gasteiger partial charge < -0.3 is 4.98 Å². The highest BCUT2D eigenvalue weighted by Gasteiger charge is 2.29. The zero-order valence-electron chi connectivity index (χ0n) is 11.9. The van der Waals surface area contributed by atoms with E-state index in [4.69, 9.17) is 5.84 Å². The molecule has 0 amide bonds. The van der Waals surface area contributed by atoms with E-state index in [9.17, 15) is 0 Å². The van der Waals surface area contributed by atoms with Crippen molar-refractivity contribution in [3.63, 3.8) is 0 Å². The smallest absolute Gasteiger partial charge is 0.141 e. The summed E-state index contributed by atoms with van der Waals surface area (Å²) in [5, 5.41) is 2.65. The van der Waals surface area contributed by atoms with Gasteiger partial charge in [-0.25, -0.2) is 10.8 Å². The number of allylic oxidation sites excluding steroid dienone is 1. The third-order valence-corrected chi connectivity index (χ3v) is 5.33. The van der Waals surface area contributed by atoms with Crippen molar-refractivity contribution in [3.8, 4) is 0 Å². The zero-order valence-corrected chi connectivity index (χ0v) is 13.5. The lowest BCUT2D eigenvalue weighted by Gasteiger charge is -2.31. The molecule has 1 saturated carbocycles. The Bertz CT molecular complexity index is 581. The minimum atomic E-state index is 0.424. The number of halogens is 1. The van der Waals surface area contributed by atoms with Crippen LogP contribution < -0.4 is 5.84 Å². The van der Waals surface area contributed by atoms with E-state index in [1.807, 2.05) is 12.3 Å². The van der Waals surface area contributed by atoms with Crippen molar-refractivity contribution in [2.45, 2.75) is 25.7 Å². The minimum Gasteiger partial charge on any atom is -0.346 e. The molecule has 2 heterocycles. The van der Waals surface area contributed by atoms with Crippen molar-refractivity contribution in [2.24, 2.45) is 27.7 Å². The molecule has 0 radical (unpaired) electrons. The van der Waals surface area contributed by atoms with Gasteiger partial charge in [0.2, 0.25) is 0 Å². The Balaban J connectivity index is 1.95.